The molecule has 2 rings (SSSR count). The van der Waals surface area contributed by atoms with Gasteiger partial charge in [-0.3, -0.25) is 14.9 Å². The summed E-state index contributed by atoms with van der Waals surface area (Å²) in [6.07, 6.45) is 0. The molecule has 0 aliphatic carbocycles. The van der Waals surface area contributed by atoms with Gasteiger partial charge in [-0.15, -0.1) is 0 Å². The SMILES string of the molecule is N#CC(C(=O)c1ccc([N+](=O)[O-])cc1)c1ccccc1F. The third-order valence-corrected chi connectivity index (χ3v) is 2.97. The van der Waals surface area contributed by atoms with Gasteiger partial charge in [0.05, 0.1) is 11.0 Å². The molecule has 5 nitrogen and oxygen atoms in total. The Hall–Kier alpha value is -3.07. The molecule has 0 aliphatic rings. The first kappa shape index (κ1) is 14.3. The van der Waals surface area contributed by atoms with Gasteiger partial charge in [0.15, 0.2) is 5.78 Å². The molecular formula is C15H9FN2O3. The van der Waals surface area contributed by atoms with E-state index in [9.17, 15) is 19.3 Å². The number of hydrogen-bond donors (Lipinski definition) is 0. The molecule has 0 aromatic heterocycles. The molecule has 0 N–H and O–H groups in total. The Bertz CT molecular complexity index is 735. The summed E-state index contributed by atoms with van der Waals surface area (Å²) < 4.78 is 13.7. The lowest BCUT2D eigenvalue weighted by Crippen LogP contribution is -2.12. The Labute approximate surface area is 119 Å². The minimum absolute atomic E-state index is 0.0108. The number of ketones is 1. The summed E-state index contributed by atoms with van der Waals surface area (Å²) in [6.45, 7) is 0. The maximum Gasteiger partial charge on any atom is 0.269 e. The van der Waals surface area contributed by atoms with Gasteiger partial charge in [-0.25, -0.2) is 4.39 Å². The van der Waals surface area contributed by atoms with E-state index in [1.807, 2.05) is 0 Å². The van der Waals surface area contributed by atoms with Crippen molar-refractivity contribution in [2.45, 2.75) is 5.92 Å². The van der Waals surface area contributed by atoms with Crippen LogP contribution in [-0.2, 0) is 0 Å². The number of benzene rings is 2. The third-order valence-electron chi connectivity index (χ3n) is 2.97. The van der Waals surface area contributed by atoms with E-state index < -0.39 is 22.4 Å². The second kappa shape index (κ2) is 5.92. The molecule has 2 aromatic carbocycles. The summed E-state index contributed by atoms with van der Waals surface area (Å²) in [4.78, 5) is 22.2. The van der Waals surface area contributed by atoms with Crippen LogP contribution in [0.5, 0.6) is 0 Å². The molecule has 0 amide bonds. The number of hydrogen-bond acceptors (Lipinski definition) is 4. The molecule has 0 radical (unpaired) electrons. The van der Waals surface area contributed by atoms with E-state index in [2.05, 4.69) is 0 Å². The second-order valence-electron chi connectivity index (χ2n) is 4.25. The minimum atomic E-state index is -1.28. The van der Waals surface area contributed by atoms with Gasteiger partial charge >= 0.3 is 0 Å². The van der Waals surface area contributed by atoms with Crippen molar-refractivity contribution in [1.29, 1.82) is 5.26 Å². The number of non-ortho nitro benzene ring substituents is 1. The summed E-state index contributed by atoms with van der Waals surface area (Å²) in [5.74, 6) is -2.52. The van der Waals surface area contributed by atoms with E-state index in [4.69, 9.17) is 5.26 Å². The Morgan fingerprint density at radius 2 is 1.81 bits per heavy atom. The van der Waals surface area contributed by atoms with Crippen LogP contribution in [0.15, 0.2) is 48.5 Å². The predicted octanol–water partition coefficient (Wildman–Crippen LogP) is 3.22. The lowest BCUT2D eigenvalue weighted by atomic mass is 9.91. The van der Waals surface area contributed by atoms with Crippen molar-refractivity contribution < 1.29 is 14.1 Å². The van der Waals surface area contributed by atoms with Crippen LogP contribution in [-0.4, -0.2) is 10.7 Å². The Balaban J connectivity index is 2.35. The molecule has 2 aromatic rings. The number of halogens is 1. The van der Waals surface area contributed by atoms with Crippen LogP contribution >= 0.6 is 0 Å². The first-order valence-corrected chi connectivity index (χ1v) is 5.97. The van der Waals surface area contributed by atoms with Crippen LogP contribution < -0.4 is 0 Å². The van der Waals surface area contributed by atoms with Crippen molar-refractivity contribution >= 4 is 11.5 Å². The van der Waals surface area contributed by atoms with Crippen molar-refractivity contribution in [3.8, 4) is 6.07 Å². The molecule has 0 heterocycles. The van der Waals surface area contributed by atoms with E-state index in [1.54, 1.807) is 6.07 Å². The smallest absolute Gasteiger partial charge is 0.269 e. The Kier molecular flexibility index (Phi) is 4.05. The number of carbonyl (C=O) groups excluding carboxylic acids is 1. The summed E-state index contributed by atoms with van der Waals surface area (Å²) in [7, 11) is 0. The van der Waals surface area contributed by atoms with Crippen LogP contribution in [0, 0.1) is 27.3 Å². The molecular weight excluding hydrogens is 275 g/mol. The van der Waals surface area contributed by atoms with Crippen molar-refractivity contribution in [1.82, 2.24) is 0 Å². The van der Waals surface area contributed by atoms with Crippen molar-refractivity contribution in [3.05, 3.63) is 75.6 Å². The fraction of sp³-hybridized carbons (Fsp3) is 0.0667. The molecule has 6 heteroatoms. The molecule has 104 valence electrons. The second-order valence-corrected chi connectivity index (χ2v) is 4.25. The average molecular weight is 284 g/mol. The molecule has 0 saturated heterocycles. The highest BCUT2D eigenvalue weighted by atomic mass is 19.1. The van der Waals surface area contributed by atoms with Crippen molar-refractivity contribution in [3.63, 3.8) is 0 Å². The van der Waals surface area contributed by atoms with Crippen LogP contribution in [0.25, 0.3) is 0 Å². The number of nitrogens with zero attached hydrogens (tertiary/aromatic N) is 2. The summed E-state index contributed by atoms with van der Waals surface area (Å²) in [6, 6.07) is 12.2. The minimum Gasteiger partial charge on any atom is -0.292 e. The first-order chi connectivity index (χ1) is 10.0. The van der Waals surface area contributed by atoms with E-state index in [1.165, 1.54) is 48.5 Å². The standard InChI is InChI=1S/C15H9FN2O3/c16-14-4-2-1-3-12(14)13(9-17)15(19)10-5-7-11(8-6-10)18(20)21/h1-8,13H. The number of nitro benzene ring substituents is 1. The third kappa shape index (κ3) is 2.92. The highest BCUT2D eigenvalue weighted by molar-refractivity contribution is 6.02. The lowest BCUT2D eigenvalue weighted by Gasteiger charge is -2.09. The molecule has 0 saturated carbocycles. The maximum absolute atomic E-state index is 13.7. The van der Waals surface area contributed by atoms with Crippen molar-refractivity contribution in [2.75, 3.05) is 0 Å². The zero-order chi connectivity index (χ0) is 15.4. The zero-order valence-electron chi connectivity index (χ0n) is 10.7. The number of nitro groups is 1. The van der Waals surface area contributed by atoms with Gasteiger partial charge in [0, 0.05) is 23.3 Å². The van der Waals surface area contributed by atoms with Gasteiger partial charge in [-0.1, -0.05) is 18.2 Å². The molecule has 0 fully saturated rings. The summed E-state index contributed by atoms with van der Waals surface area (Å²) in [5, 5.41) is 19.7. The first-order valence-electron chi connectivity index (χ1n) is 5.97. The number of nitriles is 1. The van der Waals surface area contributed by atoms with Crippen LogP contribution in [0.1, 0.15) is 21.8 Å². The molecule has 0 bridgehead atoms. The monoisotopic (exact) mass is 284 g/mol. The zero-order valence-corrected chi connectivity index (χ0v) is 10.7. The highest BCUT2D eigenvalue weighted by Crippen LogP contribution is 2.24. The van der Waals surface area contributed by atoms with Crippen molar-refractivity contribution in [2.24, 2.45) is 0 Å². The lowest BCUT2D eigenvalue weighted by molar-refractivity contribution is -0.384. The van der Waals surface area contributed by atoms with E-state index in [-0.39, 0.29) is 16.8 Å². The van der Waals surface area contributed by atoms with Gasteiger partial charge < -0.3 is 0 Å². The van der Waals surface area contributed by atoms with E-state index >= 15 is 0 Å². The molecule has 1 atom stereocenters. The van der Waals surface area contributed by atoms with E-state index in [0.717, 1.165) is 0 Å². The fourth-order valence-corrected chi connectivity index (χ4v) is 1.89. The fourth-order valence-electron chi connectivity index (χ4n) is 1.89. The highest BCUT2D eigenvalue weighted by Gasteiger charge is 2.24. The molecule has 1 unspecified atom stereocenters. The van der Waals surface area contributed by atoms with Gasteiger partial charge in [-0.05, 0) is 18.2 Å². The predicted molar refractivity (Wildman–Crippen MR) is 72.2 cm³/mol. The quantitative estimate of drug-likeness (QED) is 0.490. The summed E-state index contributed by atoms with van der Waals surface area (Å²) in [5.41, 5.74) is -0.0512. The van der Waals surface area contributed by atoms with Gasteiger partial charge in [-0.2, -0.15) is 5.26 Å². The number of Topliss-reactive ketones (excluding diaryl/α,β-unsaturated/α-hetero) is 1. The molecule has 0 spiro atoms. The van der Waals surface area contributed by atoms with Gasteiger partial charge in [0.25, 0.3) is 5.69 Å². The van der Waals surface area contributed by atoms with E-state index in [0.29, 0.717) is 0 Å². The van der Waals surface area contributed by atoms with Gasteiger partial charge in [0.2, 0.25) is 0 Å². The topological polar surface area (TPSA) is 84.0 Å². The van der Waals surface area contributed by atoms with Crippen LogP contribution in [0.3, 0.4) is 0 Å². The average Bonchev–Trinajstić information content (AvgIpc) is 2.50. The Morgan fingerprint density at radius 1 is 1.19 bits per heavy atom. The maximum atomic E-state index is 13.7. The van der Waals surface area contributed by atoms with Crippen LogP contribution in [0.2, 0.25) is 0 Å². The van der Waals surface area contributed by atoms with Gasteiger partial charge in [0.1, 0.15) is 11.7 Å². The number of rotatable bonds is 4. The Morgan fingerprint density at radius 3 is 2.33 bits per heavy atom. The normalized spacial score (nSPS) is 11.4. The molecule has 0 aliphatic heterocycles. The van der Waals surface area contributed by atoms with Crippen LogP contribution in [0.4, 0.5) is 10.1 Å². The molecule has 21 heavy (non-hydrogen) atoms. The summed E-state index contributed by atoms with van der Waals surface area (Å²) >= 11 is 0. The largest absolute Gasteiger partial charge is 0.292 e. The number of carbonyl (C=O) groups is 1.